The summed E-state index contributed by atoms with van der Waals surface area (Å²) in [5, 5.41) is 14.0. The number of hydrogen-bond acceptors (Lipinski definition) is 4. The Kier molecular flexibility index (Phi) is 3.24. The molecular formula is C17H15FN4O2. The lowest BCUT2D eigenvalue weighted by Gasteiger charge is -2.08. The summed E-state index contributed by atoms with van der Waals surface area (Å²) < 4.78 is 22.0. The zero-order chi connectivity index (χ0) is 16.8. The number of fused-ring (bicyclic) bond motifs is 2. The molecule has 0 saturated heterocycles. The highest BCUT2D eigenvalue weighted by Gasteiger charge is 2.17. The van der Waals surface area contributed by atoms with Crippen LogP contribution in [0, 0.1) is 19.7 Å². The molecule has 3 aromatic heterocycles. The first kappa shape index (κ1) is 14.6. The number of aromatic nitrogens is 4. The molecule has 0 spiro atoms. The molecule has 7 heteroatoms. The van der Waals surface area contributed by atoms with E-state index in [1.165, 1.54) is 6.33 Å². The van der Waals surface area contributed by atoms with Crippen molar-refractivity contribution < 1.29 is 14.2 Å². The van der Waals surface area contributed by atoms with Crippen molar-refractivity contribution in [2.24, 2.45) is 0 Å². The summed E-state index contributed by atoms with van der Waals surface area (Å²) in [5.74, 6) is -0.110. The van der Waals surface area contributed by atoms with Gasteiger partial charge in [0.15, 0.2) is 11.6 Å². The minimum Gasteiger partial charge on any atom is -0.434 e. The number of halogens is 1. The highest BCUT2D eigenvalue weighted by molar-refractivity contribution is 5.83. The van der Waals surface area contributed by atoms with Gasteiger partial charge in [0.1, 0.15) is 11.8 Å². The van der Waals surface area contributed by atoms with Crippen molar-refractivity contribution in [2.75, 3.05) is 0 Å². The zero-order valence-corrected chi connectivity index (χ0v) is 13.2. The van der Waals surface area contributed by atoms with E-state index in [4.69, 9.17) is 4.74 Å². The van der Waals surface area contributed by atoms with Crippen LogP contribution in [0.5, 0.6) is 11.6 Å². The number of aromatic amines is 1. The van der Waals surface area contributed by atoms with Crippen molar-refractivity contribution in [2.45, 2.75) is 20.5 Å². The van der Waals surface area contributed by atoms with Crippen LogP contribution in [0.3, 0.4) is 0 Å². The summed E-state index contributed by atoms with van der Waals surface area (Å²) in [6, 6.07) is 5.07. The molecule has 0 amide bonds. The van der Waals surface area contributed by atoms with Crippen LogP contribution in [-0.4, -0.2) is 24.7 Å². The average molecular weight is 326 g/mol. The fourth-order valence-corrected chi connectivity index (χ4v) is 2.88. The lowest BCUT2D eigenvalue weighted by atomic mass is 10.2. The van der Waals surface area contributed by atoms with E-state index in [0.717, 1.165) is 16.8 Å². The molecule has 0 radical (unpaired) electrons. The van der Waals surface area contributed by atoms with E-state index in [2.05, 4.69) is 15.1 Å². The molecule has 0 unspecified atom stereocenters. The van der Waals surface area contributed by atoms with Crippen molar-refractivity contribution in [3.05, 3.63) is 53.4 Å². The lowest BCUT2D eigenvalue weighted by molar-refractivity contribution is 0.281. The molecule has 0 aliphatic heterocycles. The molecule has 1 aromatic carbocycles. The molecule has 0 aliphatic rings. The number of nitrogens with zero attached hydrogens (tertiary/aromatic N) is 3. The third-order valence-electron chi connectivity index (χ3n) is 4.11. The molecule has 0 atom stereocenters. The molecule has 4 aromatic rings. The fraction of sp³-hybridized carbons (Fsp3) is 0.176. The van der Waals surface area contributed by atoms with Crippen molar-refractivity contribution in [3.8, 4) is 11.6 Å². The van der Waals surface area contributed by atoms with E-state index < -0.39 is 5.82 Å². The number of H-pyrrole nitrogens is 1. The fourth-order valence-electron chi connectivity index (χ4n) is 2.88. The van der Waals surface area contributed by atoms with Crippen molar-refractivity contribution >= 4 is 16.4 Å². The molecule has 122 valence electrons. The van der Waals surface area contributed by atoms with Crippen LogP contribution in [-0.2, 0) is 6.61 Å². The molecule has 0 saturated carbocycles. The second kappa shape index (κ2) is 5.31. The number of rotatable bonds is 3. The van der Waals surface area contributed by atoms with Crippen LogP contribution in [0.4, 0.5) is 4.39 Å². The summed E-state index contributed by atoms with van der Waals surface area (Å²) in [6.07, 6.45) is 3.04. The minimum absolute atomic E-state index is 0.0910. The zero-order valence-electron chi connectivity index (χ0n) is 13.2. The van der Waals surface area contributed by atoms with Crippen LogP contribution >= 0.6 is 0 Å². The second-order valence-corrected chi connectivity index (χ2v) is 5.69. The molecule has 2 N–H and O–H groups in total. The molecule has 4 rings (SSSR count). The number of ether oxygens (including phenoxy) is 1. The first-order valence-corrected chi connectivity index (χ1v) is 7.47. The topological polar surface area (TPSA) is 75.4 Å². The van der Waals surface area contributed by atoms with Crippen LogP contribution in [0.25, 0.3) is 16.4 Å². The minimum atomic E-state index is -0.444. The van der Waals surface area contributed by atoms with E-state index in [9.17, 15) is 9.50 Å². The predicted molar refractivity (Wildman–Crippen MR) is 86.7 cm³/mol. The highest BCUT2D eigenvalue weighted by atomic mass is 19.1. The number of benzene rings is 1. The smallest absolute Gasteiger partial charge is 0.247 e. The Balaban J connectivity index is 1.85. The molecule has 0 fully saturated rings. The first-order valence-electron chi connectivity index (χ1n) is 7.47. The van der Waals surface area contributed by atoms with Gasteiger partial charge in [-0.1, -0.05) is 0 Å². The summed E-state index contributed by atoms with van der Waals surface area (Å²) in [6.45, 7) is 3.60. The van der Waals surface area contributed by atoms with Gasteiger partial charge in [-0.2, -0.15) is 10.1 Å². The average Bonchev–Trinajstić information content (AvgIpc) is 3.11. The Morgan fingerprint density at radius 1 is 1.33 bits per heavy atom. The Bertz CT molecular complexity index is 1070. The quantitative estimate of drug-likeness (QED) is 0.606. The van der Waals surface area contributed by atoms with E-state index in [-0.39, 0.29) is 18.2 Å². The third-order valence-corrected chi connectivity index (χ3v) is 4.11. The highest BCUT2D eigenvalue weighted by Crippen LogP contribution is 2.32. The van der Waals surface area contributed by atoms with E-state index in [1.54, 1.807) is 28.9 Å². The summed E-state index contributed by atoms with van der Waals surface area (Å²) in [7, 11) is 0. The van der Waals surface area contributed by atoms with E-state index in [0.29, 0.717) is 16.4 Å². The lowest BCUT2D eigenvalue weighted by Crippen LogP contribution is -1.98. The van der Waals surface area contributed by atoms with Crippen LogP contribution in [0.15, 0.2) is 30.7 Å². The third kappa shape index (κ3) is 2.13. The Morgan fingerprint density at radius 3 is 2.96 bits per heavy atom. The second-order valence-electron chi connectivity index (χ2n) is 5.69. The predicted octanol–water partition coefficient (Wildman–Crippen LogP) is 3.25. The van der Waals surface area contributed by atoms with Gasteiger partial charge >= 0.3 is 0 Å². The number of aryl methyl sites for hydroxylation is 2. The summed E-state index contributed by atoms with van der Waals surface area (Å²) in [4.78, 5) is 7.21. The van der Waals surface area contributed by atoms with E-state index in [1.807, 2.05) is 13.8 Å². The van der Waals surface area contributed by atoms with Gasteiger partial charge in [-0.05, 0) is 37.6 Å². The van der Waals surface area contributed by atoms with Gasteiger partial charge in [0.05, 0.1) is 6.61 Å². The monoisotopic (exact) mass is 326 g/mol. The molecule has 3 heterocycles. The van der Waals surface area contributed by atoms with Crippen molar-refractivity contribution in [3.63, 3.8) is 0 Å². The van der Waals surface area contributed by atoms with Gasteiger partial charge in [0, 0.05) is 28.4 Å². The standard InChI is InChI=1S/C17H15FN4O2/c1-9-5-12-13(21-9)3-4-14(15(12)18)24-17-16-10(2)11(7-23)6-22(16)20-8-19-17/h3-6,8,21,23H,7H2,1-2H3. The van der Waals surface area contributed by atoms with Gasteiger partial charge in [-0.3, -0.25) is 0 Å². The molecule has 0 aliphatic carbocycles. The van der Waals surface area contributed by atoms with Crippen LogP contribution in [0.1, 0.15) is 16.8 Å². The van der Waals surface area contributed by atoms with Crippen LogP contribution in [0.2, 0.25) is 0 Å². The van der Waals surface area contributed by atoms with Gasteiger partial charge < -0.3 is 14.8 Å². The Hall–Kier alpha value is -2.93. The number of aliphatic hydroxyl groups is 1. The van der Waals surface area contributed by atoms with Gasteiger partial charge in [0.25, 0.3) is 0 Å². The van der Waals surface area contributed by atoms with Gasteiger partial charge in [-0.25, -0.2) is 8.91 Å². The number of nitrogens with one attached hydrogen (secondary N) is 1. The van der Waals surface area contributed by atoms with Crippen molar-refractivity contribution in [1.29, 1.82) is 0 Å². The first-order chi connectivity index (χ1) is 11.6. The van der Waals surface area contributed by atoms with Gasteiger partial charge in [0.2, 0.25) is 5.88 Å². The number of aliphatic hydroxyl groups excluding tert-OH is 1. The SMILES string of the molecule is Cc1cc2c(F)c(Oc3ncnn4cc(CO)c(C)c34)ccc2[nH]1. The largest absolute Gasteiger partial charge is 0.434 e. The Labute approximate surface area is 136 Å². The maximum Gasteiger partial charge on any atom is 0.247 e. The van der Waals surface area contributed by atoms with Crippen molar-refractivity contribution in [1.82, 2.24) is 19.6 Å². The molecule has 0 bridgehead atoms. The number of hydrogen-bond donors (Lipinski definition) is 2. The molecular weight excluding hydrogens is 311 g/mol. The Morgan fingerprint density at radius 2 is 2.17 bits per heavy atom. The van der Waals surface area contributed by atoms with Crippen LogP contribution < -0.4 is 4.74 Å². The summed E-state index contributed by atoms with van der Waals surface area (Å²) >= 11 is 0. The maximum atomic E-state index is 14.7. The molecule has 24 heavy (non-hydrogen) atoms. The summed E-state index contributed by atoms with van der Waals surface area (Å²) in [5.41, 5.74) is 3.71. The van der Waals surface area contributed by atoms with Gasteiger partial charge in [-0.15, -0.1) is 0 Å². The normalized spacial score (nSPS) is 11.5. The maximum absolute atomic E-state index is 14.7. The van der Waals surface area contributed by atoms with E-state index >= 15 is 0 Å². The molecule has 6 nitrogen and oxygen atoms in total.